The Kier molecular flexibility index (Phi) is 5.42. The maximum Gasteiger partial charge on any atom is 0.266 e. The summed E-state index contributed by atoms with van der Waals surface area (Å²) in [6.45, 7) is 7.15. The number of benzene rings is 1. The van der Waals surface area contributed by atoms with Crippen LogP contribution in [0.4, 0.5) is 5.69 Å². The van der Waals surface area contributed by atoms with Crippen LogP contribution in [0.25, 0.3) is 10.2 Å². The van der Waals surface area contributed by atoms with Gasteiger partial charge in [0.15, 0.2) is 0 Å². The topological polar surface area (TPSA) is 84.3 Å². The molecule has 1 aromatic carbocycles. The molecule has 1 N–H and O–H groups in total. The van der Waals surface area contributed by atoms with E-state index in [1.807, 2.05) is 32.0 Å². The number of anilines is 1. The lowest BCUT2D eigenvalue weighted by Crippen LogP contribution is -2.34. The third-order valence-electron chi connectivity index (χ3n) is 5.52. The second-order valence-electron chi connectivity index (χ2n) is 7.77. The van der Waals surface area contributed by atoms with Crippen molar-refractivity contribution in [2.24, 2.45) is 0 Å². The number of carbonyl (C=O) groups excluding carboxylic acids is 2. The second-order valence-corrected chi connectivity index (χ2v) is 8.77. The zero-order valence-electron chi connectivity index (χ0n) is 17.3. The third-order valence-corrected chi connectivity index (χ3v) is 6.72. The summed E-state index contributed by atoms with van der Waals surface area (Å²) in [6, 6.07) is 5.82. The lowest BCUT2D eigenvalue weighted by molar-refractivity contribution is -0.130. The first-order chi connectivity index (χ1) is 14.3. The van der Waals surface area contributed by atoms with Gasteiger partial charge in [-0.3, -0.25) is 19.0 Å². The van der Waals surface area contributed by atoms with Crippen LogP contribution in [0.15, 0.2) is 29.3 Å². The summed E-state index contributed by atoms with van der Waals surface area (Å²) >= 11 is 1.20. The molecule has 4 rings (SSSR count). The predicted octanol–water partition coefficient (Wildman–Crippen LogP) is 3.26. The van der Waals surface area contributed by atoms with Crippen molar-refractivity contribution in [1.82, 2.24) is 14.5 Å². The largest absolute Gasteiger partial charge is 0.341 e. The average molecular weight is 425 g/mol. The number of hydrogen-bond acceptors (Lipinski definition) is 5. The highest BCUT2D eigenvalue weighted by atomic mass is 32.1. The minimum atomic E-state index is -0.285. The molecule has 156 valence electrons. The summed E-state index contributed by atoms with van der Waals surface area (Å²) < 4.78 is 1.34. The molecule has 0 radical (unpaired) electrons. The van der Waals surface area contributed by atoms with Gasteiger partial charge >= 0.3 is 0 Å². The van der Waals surface area contributed by atoms with Crippen LogP contribution in [-0.4, -0.2) is 39.4 Å². The van der Waals surface area contributed by atoms with Gasteiger partial charge in [0.05, 0.1) is 16.6 Å². The van der Waals surface area contributed by atoms with Crippen molar-refractivity contribution < 1.29 is 9.59 Å². The number of nitrogens with zero attached hydrogens (tertiary/aromatic N) is 3. The molecule has 2 aromatic heterocycles. The molecule has 1 fully saturated rings. The average Bonchev–Trinajstić information content (AvgIpc) is 3.35. The van der Waals surface area contributed by atoms with E-state index in [4.69, 9.17) is 0 Å². The Morgan fingerprint density at radius 3 is 2.60 bits per heavy atom. The molecule has 0 bridgehead atoms. The van der Waals surface area contributed by atoms with Crippen molar-refractivity contribution in [3.63, 3.8) is 0 Å². The number of carbonyl (C=O) groups is 2. The van der Waals surface area contributed by atoms with E-state index in [1.54, 1.807) is 11.8 Å². The number of likely N-dealkylation sites (tertiary alicyclic amines) is 1. The van der Waals surface area contributed by atoms with Gasteiger partial charge < -0.3 is 10.2 Å². The molecule has 30 heavy (non-hydrogen) atoms. The molecule has 3 heterocycles. The molecule has 0 aliphatic carbocycles. The van der Waals surface area contributed by atoms with Crippen molar-refractivity contribution in [3.05, 3.63) is 56.4 Å². The van der Waals surface area contributed by atoms with Crippen LogP contribution in [0.5, 0.6) is 0 Å². The molecule has 1 aliphatic heterocycles. The lowest BCUT2D eigenvalue weighted by atomic mass is 10.1. The number of amides is 2. The first kappa shape index (κ1) is 20.3. The summed E-state index contributed by atoms with van der Waals surface area (Å²) in [6.07, 6.45) is 3.40. The fraction of sp³-hybridized carbons (Fsp3) is 0.364. The summed E-state index contributed by atoms with van der Waals surface area (Å²) in [4.78, 5) is 45.4. The Balaban J connectivity index is 1.63. The van der Waals surface area contributed by atoms with Gasteiger partial charge in [-0.2, -0.15) is 0 Å². The molecule has 0 unspecified atom stereocenters. The van der Waals surface area contributed by atoms with Gasteiger partial charge in [-0.15, -0.1) is 11.3 Å². The molecule has 1 aliphatic rings. The maximum atomic E-state index is 13.0. The zero-order chi connectivity index (χ0) is 21.4. The smallest absolute Gasteiger partial charge is 0.266 e. The summed E-state index contributed by atoms with van der Waals surface area (Å²) in [7, 11) is 0. The summed E-state index contributed by atoms with van der Waals surface area (Å²) in [5.41, 5.74) is 3.15. The Hall–Kier alpha value is -3.00. The predicted molar refractivity (Wildman–Crippen MR) is 118 cm³/mol. The lowest BCUT2D eigenvalue weighted by Gasteiger charge is -2.15. The number of fused-ring (bicyclic) bond motifs is 1. The molecule has 7 nitrogen and oxygen atoms in total. The van der Waals surface area contributed by atoms with Gasteiger partial charge in [0.2, 0.25) is 5.91 Å². The highest BCUT2D eigenvalue weighted by molar-refractivity contribution is 7.20. The summed E-state index contributed by atoms with van der Waals surface area (Å²) in [5.74, 6) is -0.335. The van der Waals surface area contributed by atoms with E-state index >= 15 is 0 Å². The van der Waals surface area contributed by atoms with Crippen molar-refractivity contribution in [2.45, 2.75) is 40.2 Å². The third kappa shape index (κ3) is 3.75. The number of thiophene rings is 1. The molecular weight excluding hydrogens is 400 g/mol. The van der Waals surface area contributed by atoms with E-state index in [2.05, 4.69) is 10.3 Å². The van der Waals surface area contributed by atoms with Gasteiger partial charge in [0.25, 0.3) is 11.5 Å². The van der Waals surface area contributed by atoms with Crippen molar-refractivity contribution in [2.75, 3.05) is 18.4 Å². The minimum Gasteiger partial charge on any atom is -0.341 e. The fourth-order valence-corrected chi connectivity index (χ4v) is 4.87. The van der Waals surface area contributed by atoms with Crippen LogP contribution in [0.1, 0.15) is 39.2 Å². The van der Waals surface area contributed by atoms with Crippen LogP contribution in [-0.2, 0) is 11.3 Å². The number of nitrogens with one attached hydrogen (secondary N) is 1. The first-order valence-corrected chi connectivity index (χ1v) is 10.8. The molecule has 0 atom stereocenters. The van der Waals surface area contributed by atoms with E-state index in [-0.39, 0.29) is 23.9 Å². The Bertz CT molecular complexity index is 1210. The normalized spacial score (nSPS) is 13.8. The van der Waals surface area contributed by atoms with E-state index in [1.165, 1.54) is 22.2 Å². The molecule has 2 amide bonds. The molecule has 0 spiro atoms. The molecule has 3 aromatic rings. The zero-order valence-corrected chi connectivity index (χ0v) is 18.1. The number of aromatic nitrogens is 2. The number of aryl methyl sites for hydroxylation is 3. The Morgan fingerprint density at radius 1 is 1.17 bits per heavy atom. The van der Waals surface area contributed by atoms with Crippen LogP contribution in [0, 0.1) is 20.8 Å². The van der Waals surface area contributed by atoms with Gasteiger partial charge in [-0.1, -0.05) is 17.7 Å². The maximum absolute atomic E-state index is 13.0. The molecule has 0 saturated carbocycles. The van der Waals surface area contributed by atoms with Crippen LogP contribution >= 0.6 is 11.3 Å². The minimum absolute atomic E-state index is 0.0266. The molecular formula is C22H24N4O3S. The standard InChI is InChI=1S/C22H24N4O3S/c1-13-6-7-16(14(2)10-13)24-20(28)19-15(3)18-21(30-19)23-12-26(22(18)29)11-17(27)25-8-4-5-9-25/h6-7,10,12H,4-5,8-9,11H2,1-3H3,(H,24,28). The molecule has 8 heteroatoms. The van der Waals surface area contributed by atoms with E-state index in [0.717, 1.165) is 42.7 Å². The van der Waals surface area contributed by atoms with Gasteiger partial charge in [0.1, 0.15) is 11.4 Å². The Labute approximate surface area is 178 Å². The second kappa shape index (κ2) is 8.02. The van der Waals surface area contributed by atoms with Gasteiger partial charge in [-0.05, 0) is 50.8 Å². The summed E-state index contributed by atoms with van der Waals surface area (Å²) in [5, 5.41) is 3.34. The number of hydrogen-bond donors (Lipinski definition) is 1. The van der Waals surface area contributed by atoms with Crippen molar-refractivity contribution in [1.29, 1.82) is 0 Å². The van der Waals surface area contributed by atoms with E-state index in [9.17, 15) is 14.4 Å². The van der Waals surface area contributed by atoms with Gasteiger partial charge in [-0.25, -0.2) is 4.98 Å². The Morgan fingerprint density at radius 2 is 1.90 bits per heavy atom. The van der Waals surface area contributed by atoms with Crippen molar-refractivity contribution >= 4 is 39.1 Å². The van der Waals surface area contributed by atoms with Crippen molar-refractivity contribution in [3.8, 4) is 0 Å². The van der Waals surface area contributed by atoms with Crippen LogP contribution in [0.3, 0.4) is 0 Å². The number of rotatable bonds is 4. The van der Waals surface area contributed by atoms with Crippen LogP contribution in [0.2, 0.25) is 0 Å². The quantitative estimate of drug-likeness (QED) is 0.697. The van der Waals surface area contributed by atoms with Gasteiger partial charge in [0, 0.05) is 18.8 Å². The SMILES string of the molecule is Cc1ccc(NC(=O)c2sc3ncn(CC(=O)N4CCCC4)c(=O)c3c2C)c(C)c1. The fourth-order valence-electron chi connectivity index (χ4n) is 3.83. The highest BCUT2D eigenvalue weighted by Crippen LogP contribution is 2.28. The first-order valence-electron chi connectivity index (χ1n) is 10.00. The highest BCUT2D eigenvalue weighted by Gasteiger charge is 2.22. The van der Waals surface area contributed by atoms with E-state index in [0.29, 0.717) is 20.7 Å². The molecule has 1 saturated heterocycles. The van der Waals surface area contributed by atoms with Crippen LogP contribution < -0.4 is 10.9 Å². The monoisotopic (exact) mass is 424 g/mol. The van der Waals surface area contributed by atoms with E-state index < -0.39 is 0 Å².